The Morgan fingerprint density at radius 2 is 1.72 bits per heavy atom. The lowest BCUT2D eigenvalue weighted by Crippen LogP contribution is -2.30. The van der Waals surface area contributed by atoms with E-state index in [2.05, 4.69) is 5.32 Å². The second-order valence-corrected chi connectivity index (χ2v) is 6.12. The minimum atomic E-state index is -1.04. The first-order chi connectivity index (χ1) is 11.8. The van der Waals surface area contributed by atoms with E-state index in [4.69, 9.17) is 27.9 Å². The van der Waals surface area contributed by atoms with Crippen molar-refractivity contribution in [2.75, 3.05) is 5.32 Å². The molecular formula is C18H15Cl2NO4. The Morgan fingerprint density at radius 3 is 2.36 bits per heavy atom. The number of halogens is 2. The van der Waals surface area contributed by atoms with E-state index in [-0.39, 0.29) is 16.4 Å². The number of esters is 1. The van der Waals surface area contributed by atoms with E-state index < -0.39 is 18.0 Å². The van der Waals surface area contributed by atoms with Crippen LogP contribution in [0.25, 0.3) is 0 Å². The number of ether oxygens (including phenoxy) is 1. The summed E-state index contributed by atoms with van der Waals surface area (Å²) in [7, 11) is 0. The van der Waals surface area contributed by atoms with Crippen molar-refractivity contribution in [1.82, 2.24) is 0 Å². The number of Topliss-reactive ketones (excluding diaryl/α,β-unsaturated/α-hetero) is 1. The highest BCUT2D eigenvalue weighted by Crippen LogP contribution is 2.23. The Hall–Kier alpha value is -2.37. The Kier molecular flexibility index (Phi) is 6.17. The lowest BCUT2D eigenvalue weighted by molar-refractivity contribution is -0.123. The maximum atomic E-state index is 12.2. The molecule has 0 spiro atoms. The normalized spacial score (nSPS) is 11.5. The van der Waals surface area contributed by atoms with Gasteiger partial charge in [0.1, 0.15) is 0 Å². The van der Waals surface area contributed by atoms with E-state index in [0.717, 1.165) is 0 Å². The third kappa shape index (κ3) is 5.05. The summed E-state index contributed by atoms with van der Waals surface area (Å²) in [5.41, 5.74) is 1.10. The van der Waals surface area contributed by atoms with Crippen molar-refractivity contribution in [3.8, 4) is 0 Å². The van der Waals surface area contributed by atoms with Gasteiger partial charge in [0.25, 0.3) is 5.91 Å². The van der Waals surface area contributed by atoms with E-state index in [1.54, 1.807) is 24.3 Å². The van der Waals surface area contributed by atoms with Gasteiger partial charge < -0.3 is 10.1 Å². The molecule has 2 aromatic rings. The number of benzene rings is 2. The van der Waals surface area contributed by atoms with Gasteiger partial charge in [0, 0.05) is 11.3 Å². The smallest absolute Gasteiger partial charge is 0.338 e. The van der Waals surface area contributed by atoms with Crippen LogP contribution < -0.4 is 5.32 Å². The van der Waals surface area contributed by atoms with Gasteiger partial charge in [-0.25, -0.2) is 4.79 Å². The molecule has 0 saturated carbocycles. The largest absolute Gasteiger partial charge is 0.449 e. The van der Waals surface area contributed by atoms with E-state index in [9.17, 15) is 14.4 Å². The Balaban J connectivity index is 2.02. The van der Waals surface area contributed by atoms with Gasteiger partial charge in [-0.15, -0.1) is 0 Å². The minimum Gasteiger partial charge on any atom is -0.449 e. The number of rotatable bonds is 5. The molecule has 0 heterocycles. The van der Waals surface area contributed by atoms with Crippen molar-refractivity contribution in [2.45, 2.75) is 20.0 Å². The number of amides is 1. The summed E-state index contributed by atoms with van der Waals surface area (Å²) in [5.74, 6) is -1.33. The van der Waals surface area contributed by atoms with Crippen LogP contribution >= 0.6 is 23.2 Å². The molecule has 2 aromatic carbocycles. The molecule has 0 aromatic heterocycles. The second-order valence-electron chi connectivity index (χ2n) is 5.30. The summed E-state index contributed by atoms with van der Waals surface area (Å²) in [4.78, 5) is 35.6. The lowest BCUT2D eigenvalue weighted by atomic mass is 10.1. The van der Waals surface area contributed by atoms with E-state index in [1.165, 1.54) is 32.0 Å². The number of carbonyl (C=O) groups is 3. The summed E-state index contributed by atoms with van der Waals surface area (Å²) >= 11 is 11.7. The third-order valence-electron chi connectivity index (χ3n) is 3.34. The van der Waals surface area contributed by atoms with Crippen LogP contribution in [0.1, 0.15) is 34.6 Å². The molecule has 1 amide bonds. The summed E-state index contributed by atoms with van der Waals surface area (Å²) < 4.78 is 5.12. The highest BCUT2D eigenvalue weighted by molar-refractivity contribution is 6.42. The average Bonchev–Trinajstić information content (AvgIpc) is 2.57. The number of nitrogens with one attached hydrogen (secondary N) is 1. The van der Waals surface area contributed by atoms with Crippen molar-refractivity contribution >= 4 is 46.5 Å². The van der Waals surface area contributed by atoms with Gasteiger partial charge in [-0.3, -0.25) is 9.59 Å². The average molecular weight is 380 g/mol. The lowest BCUT2D eigenvalue weighted by Gasteiger charge is -2.14. The van der Waals surface area contributed by atoms with Crippen LogP contribution in [-0.2, 0) is 9.53 Å². The molecule has 1 atom stereocenters. The summed E-state index contributed by atoms with van der Waals surface area (Å²) in [5, 5.41) is 3.13. The van der Waals surface area contributed by atoms with Crippen molar-refractivity contribution in [2.24, 2.45) is 0 Å². The predicted molar refractivity (Wildman–Crippen MR) is 96.4 cm³/mol. The molecule has 130 valence electrons. The standard InChI is InChI=1S/C18H15Cl2NO4/c1-10(22)12-4-3-5-14(8-12)21-17(23)11(2)25-18(24)13-6-7-15(19)16(20)9-13/h3-9,11H,1-2H3,(H,21,23)/t11-/m1/s1. The number of hydrogen-bond donors (Lipinski definition) is 1. The maximum absolute atomic E-state index is 12.2. The van der Waals surface area contributed by atoms with Crippen LogP contribution in [0.15, 0.2) is 42.5 Å². The quantitative estimate of drug-likeness (QED) is 0.617. The number of anilines is 1. The van der Waals surface area contributed by atoms with Crippen molar-refractivity contribution in [3.05, 3.63) is 63.6 Å². The minimum absolute atomic E-state index is 0.116. The molecule has 1 N–H and O–H groups in total. The van der Waals surface area contributed by atoms with Gasteiger partial charge in [-0.2, -0.15) is 0 Å². The number of hydrogen-bond acceptors (Lipinski definition) is 4. The highest BCUT2D eigenvalue weighted by Gasteiger charge is 2.20. The molecule has 0 aliphatic rings. The molecule has 0 bridgehead atoms. The highest BCUT2D eigenvalue weighted by atomic mass is 35.5. The molecule has 5 nitrogen and oxygen atoms in total. The van der Waals surface area contributed by atoms with Gasteiger partial charge in [-0.1, -0.05) is 35.3 Å². The fourth-order valence-electron chi connectivity index (χ4n) is 1.97. The van der Waals surface area contributed by atoms with Crippen molar-refractivity contribution in [1.29, 1.82) is 0 Å². The molecule has 0 radical (unpaired) electrons. The van der Waals surface area contributed by atoms with Crippen LogP contribution in [0.2, 0.25) is 10.0 Å². The summed E-state index contributed by atoms with van der Waals surface area (Å²) in [6.07, 6.45) is -1.04. The molecule has 7 heteroatoms. The number of carbonyl (C=O) groups excluding carboxylic acids is 3. The first kappa shape index (κ1) is 19.0. The molecule has 0 fully saturated rings. The third-order valence-corrected chi connectivity index (χ3v) is 4.08. The maximum Gasteiger partial charge on any atom is 0.338 e. The van der Waals surface area contributed by atoms with Gasteiger partial charge in [-0.05, 0) is 44.2 Å². The zero-order chi connectivity index (χ0) is 18.6. The Labute approximate surface area is 154 Å². The second kappa shape index (κ2) is 8.14. The predicted octanol–water partition coefficient (Wildman–Crippen LogP) is 4.38. The number of ketones is 1. The monoisotopic (exact) mass is 379 g/mol. The zero-order valence-electron chi connectivity index (χ0n) is 13.5. The van der Waals surface area contributed by atoms with Gasteiger partial charge in [0.2, 0.25) is 0 Å². The topological polar surface area (TPSA) is 72.5 Å². The molecule has 0 aliphatic carbocycles. The van der Waals surface area contributed by atoms with Gasteiger partial charge in [0.05, 0.1) is 15.6 Å². The first-order valence-corrected chi connectivity index (χ1v) is 8.11. The zero-order valence-corrected chi connectivity index (χ0v) is 15.0. The molecule has 0 saturated heterocycles. The van der Waals surface area contributed by atoms with Crippen LogP contribution in [0, 0.1) is 0 Å². The molecule has 2 rings (SSSR count). The molecule has 0 aliphatic heterocycles. The van der Waals surface area contributed by atoms with Crippen LogP contribution in [0.5, 0.6) is 0 Å². The van der Waals surface area contributed by atoms with Crippen LogP contribution in [0.3, 0.4) is 0 Å². The first-order valence-electron chi connectivity index (χ1n) is 7.36. The van der Waals surface area contributed by atoms with Crippen LogP contribution in [-0.4, -0.2) is 23.8 Å². The fourth-order valence-corrected chi connectivity index (χ4v) is 2.26. The molecule has 25 heavy (non-hydrogen) atoms. The van der Waals surface area contributed by atoms with Crippen molar-refractivity contribution in [3.63, 3.8) is 0 Å². The molecular weight excluding hydrogens is 365 g/mol. The van der Waals surface area contributed by atoms with Crippen LogP contribution in [0.4, 0.5) is 5.69 Å². The van der Waals surface area contributed by atoms with Crippen molar-refractivity contribution < 1.29 is 19.1 Å². The fraction of sp³-hybridized carbons (Fsp3) is 0.167. The van der Waals surface area contributed by atoms with E-state index in [0.29, 0.717) is 16.3 Å². The summed E-state index contributed by atoms with van der Waals surface area (Å²) in [6.45, 7) is 2.88. The van der Waals surface area contributed by atoms with Gasteiger partial charge in [0.15, 0.2) is 11.9 Å². The van der Waals surface area contributed by atoms with Gasteiger partial charge >= 0.3 is 5.97 Å². The SMILES string of the molecule is CC(=O)c1cccc(NC(=O)[C@@H](C)OC(=O)c2ccc(Cl)c(Cl)c2)c1. The summed E-state index contributed by atoms with van der Waals surface area (Å²) in [6, 6.07) is 10.8. The Morgan fingerprint density at radius 1 is 1.00 bits per heavy atom. The molecule has 0 unspecified atom stereocenters. The Bertz CT molecular complexity index is 836. The van der Waals surface area contributed by atoms with E-state index in [1.807, 2.05) is 0 Å². The van der Waals surface area contributed by atoms with E-state index >= 15 is 0 Å².